The van der Waals surface area contributed by atoms with Gasteiger partial charge in [0.15, 0.2) is 10.9 Å². The van der Waals surface area contributed by atoms with E-state index in [2.05, 4.69) is 15.5 Å². The van der Waals surface area contributed by atoms with Crippen LogP contribution in [-0.4, -0.2) is 35.6 Å². The van der Waals surface area contributed by atoms with Crippen LogP contribution in [0.15, 0.2) is 81.3 Å². The maximum Gasteiger partial charge on any atom is 0.328 e. The molecule has 10 heteroatoms. The number of amides is 1. The van der Waals surface area contributed by atoms with Crippen LogP contribution in [0.2, 0.25) is 0 Å². The second kappa shape index (κ2) is 9.06. The number of hydrogen-bond acceptors (Lipinski definition) is 6. The van der Waals surface area contributed by atoms with E-state index in [-0.39, 0.29) is 17.3 Å². The predicted molar refractivity (Wildman–Crippen MR) is 131 cm³/mol. The summed E-state index contributed by atoms with van der Waals surface area (Å²) in [5.41, 5.74) is 3.16. The Hall–Kier alpha value is -4.05. The maximum absolute atomic E-state index is 12.7. The molecule has 0 unspecified atom stereocenters. The zero-order valence-corrected chi connectivity index (χ0v) is 19.5. The minimum Gasteiger partial charge on any atom is -0.461 e. The third-order valence-corrected chi connectivity index (χ3v) is 6.50. The molecule has 2 aromatic carbocycles. The van der Waals surface area contributed by atoms with Crippen LogP contribution in [0.3, 0.4) is 0 Å². The highest BCUT2D eigenvalue weighted by atomic mass is 32.2. The molecule has 1 amide bonds. The number of benzene rings is 2. The molecular formula is C24H22N6O3S. The van der Waals surface area contributed by atoms with Gasteiger partial charge in [0.1, 0.15) is 0 Å². The van der Waals surface area contributed by atoms with Crippen molar-refractivity contribution in [1.82, 2.24) is 23.9 Å². The number of anilines is 1. The largest absolute Gasteiger partial charge is 0.461 e. The van der Waals surface area contributed by atoms with Gasteiger partial charge in [-0.25, -0.2) is 4.79 Å². The highest BCUT2D eigenvalue weighted by Gasteiger charge is 2.18. The normalized spacial score (nSPS) is 11.2. The van der Waals surface area contributed by atoms with Crippen molar-refractivity contribution in [3.8, 4) is 11.6 Å². The van der Waals surface area contributed by atoms with E-state index >= 15 is 0 Å². The summed E-state index contributed by atoms with van der Waals surface area (Å²) in [5.74, 6) is 1.18. The Morgan fingerprint density at radius 1 is 1.00 bits per heavy atom. The Balaban J connectivity index is 1.33. The molecule has 0 saturated carbocycles. The first kappa shape index (κ1) is 21.8. The molecule has 5 rings (SSSR count). The number of hydrogen-bond donors (Lipinski definition) is 1. The maximum atomic E-state index is 12.7. The fraction of sp³-hybridized carbons (Fsp3) is 0.167. The summed E-state index contributed by atoms with van der Waals surface area (Å²) in [6, 6.07) is 19.0. The van der Waals surface area contributed by atoms with Crippen molar-refractivity contribution in [2.45, 2.75) is 11.7 Å². The molecule has 172 valence electrons. The van der Waals surface area contributed by atoms with E-state index in [9.17, 15) is 9.59 Å². The van der Waals surface area contributed by atoms with Gasteiger partial charge in [-0.1, -0.05) is 42.1 Å². The van der Waals surface area contributed by atoms with Gasteiger partial charge in [-0.2, -0.15) is 0 Å². The van der Waals surface area contributed by atoms with Crippen LogP contribution in [0, 0.1) is 0 Å². The van der Waals surface area contributed by atoms with Gasteiger partial charge in [0.05, 0.1) is 29.6 Å². The number of rotatable bonds is 7. The number of aryl methyl sites for hydroxylation is 2. The van der Waals surface area contributed by atoms with Crippen molar-refractivity contribution in [3.63, 3.8) is 0 Å². The molecule has 0 atom stereocenters. The number of carbonyl (C=O) groups excluding carboxylic acids is 1. The number of aromatic nitrogens is 5. The molecule has 0 spiro atoms. The van der Waals surface area contributed by atoms with Gasteiger partial charge < -0.3 is 9.73 Å². The number of furan rings is 1. The molecule has 0 aliphatic heterocycles. The number of nitrogens with one attached hydrogen (secondary N) is 1. The summed E-state index contributed by atoms with van der Waals surface area (Å²) in [5, 5.41) is 12.1. The standard InChI is InChI=1S/C24H22N6O3S/c1-28-18-11-10-17(13-19(18)29(2)24(28)32)25-21(31)15-34-23-27-26-22(20-9-6-12-33-20)30(23)14-16-7-4-3-5-8-16/h3-13H,14-15H2,1-2H3,(H,25,31). The van der Waals surface area contributed by atoms with E-state index in [4.69, 9.17) is 4.42 Å². The summed E-state index contributed by atoms with van der Waals surface area (Å²) >= 11 is 1.30. The molecule has 0 saturated heterocycles. The van der Waals surface area contributed by atoms with Crippen LogP contribution in [0.25, 0.3) is 22.6 Å². The van der Waals surface area contributed by atoms with E-state index in [1.165, 1.54) is 11.8 Å². The summed E-state index contributed by atoms with van der Waals surface area (Å²) in [6.45, 7) is 0.548. The van der Waals surface area contributed by atoms with E-state index in [0.29, 0.717) is 29.0 Å². The molecule has 0 aliphatic carbocycles. The lowest BCUT2D eigenvalue weighted by Gasteiger charge is -2.10. The van der Waals surface area contributed by atoms with Crippen LogP contribution >= 0.6 is 11.8 Å². The molecular weight excluding hydrogens is 452 g/mol. The van der Waals surface area contributed by atoms with Gasteiger partial charge in [0.25, 0.3) is 0 Å². The minimum atomic E-state index is -0.181. The Bertz CT molecular complexity index is 1520. The zero-order chi connectivity index (χ0) is 23.7. The summed E-state index contributed by atoms with van der Waals surface area (Å²) in [4.78, 5) is 24.8. The van der Waals surface area contributed by atoms with Crippen molar-refractivity contribution < 1.29 is 9.21 Å². The van der Waals surface area contributed by atoms with E-state index < -0.39 is 0 Å². The summed E-state index contributed by atoms with van der Waals surface area (Å²) in [7, 11) is 3.43. The molecule has 34 heavy (non-hydrogen) atoms. The van der Waals surface area contributed by atoms with Gasteiger partial charge in [-0.15, -0.1) is 10.2 Å². The molecule has 5 aromatic rings. The first-order valence-corrected chi connectivity index (χ1v) is 11.6. The number of thioether (sulfide) groups is 1. The second-order valence-corrected chi connectivity index (χ2v) is 8.74. The fourth-order valence-electron chi connectivity index (χ4n) is 3.80. The van der Waals surface area contributed by atoms with E-state index in [0.717, 1.165) is 16.6 Å². The molecule has 0 aliphatic rings. The fourth-order valence-corrected chi connectivity index (χ4v) is 4.54. The molecule has 3 heterocycles. The molecule has 0 bridgehead atoms. The monoisotopic (exact) mass is 474 g/mol. The van der Waals surface area contributed by atoms with Crippen LogP contribution in [0.4, 0.5) is 5.69 Å². The summed E-state index contributed by atoms with van der Waals surface area (Å²) in [6.07, 6.45) is 1.59. The van der Waals surface area contributed by atoms with Crippen molar-refractivity contribution in [2.75, 3.05) is 11.1 Å². The van der Waals surface area contributed by atoms with Gasteiger partial charge in [-0.3, -0.25) is 18.5 Å². The van der Waals surface area contributed by atoms with Gasteiger partial charge in [-0.05, 0) is 35.9 Å². The van der Waals surface area contributed by atoms with E-state index in [1.54, 1.807) is 47.7 Å². The van der Waals surface area contributed by atoms with Crippen LogP contribution in [0.5, 0.6) is 0 Å². The Morgan fingerprint density at radius 3 is 2.56 bits per heavy atom. The van der Waals surface area contributed by atoms with Crippen LogP contribution in [-0.2, 0) is 25.4 Å². The number of imidazole rings is 1. The lowest BCUT2D eigenvalue weighted by molar-refractivity contribution is -0.113. The molecule has 0 radical (unpaired) electrons. The molecule has 9 nitrogen and oxygen atoms in total. The number of fused-ring (bicyclic) bond motifs is 1. The Labute approximate surface area is 199 Å². The first-order chi connectivity index (χ1) is 16.5. The van der Waals surface area contributed by atoms with Crippen molar-refractivity contribution in [1.29, 1.82) is 0 Å². The smallest absolute Gasteiger partial charge is 0.328 e. The topological polar surface area (TPSA) is 99.9 Å². The lowest BCUT2D eigenvalue weighted by Crippen LogP contribution is -2.19. The number of carbonyl (C=O) groups is 1. The quantitative estimate of drug-likeness (QED) is 0.363. The Morgan fingerprint density at radius 2 is 1.79 bits per heavy atom. The van der Waals surface area contributed by atoms with Crippen molar-refractivity contribution in [2.24, 2.45) is 14.1 Å². The van der Waals surface area contributed by atoms with Gasteiger partial charge in [0, 0.05) is 19.8 Å². The Kier molecular flexibility index (Phi) is 5.81. The predicted octanol–water partition coefficient (Wildman–Crippen LogP) is 3.51. The zero-order valence-electron chi connectivity index (χ0n) is 18.6. The van der Waals surface area contributed by atoms with Crippen molar-refractivity contribution in [3.05, 3.63) is 83.0 Å². The second-order valence-electron chi connectivity index (χ2n) is 7.80. The molecule has 0 fully saturated rings. The van der Waals surface area contributed by atoms with E-state index in [1.807, 2.05) is 47.0 Å². The van der Waals surface area contributed by atoms with Crippen LogP contribution in [0.1, 0.15) is 5.56 Å². The highest BCUT2D eigenvalue weighted by Crippen LogP contribution is 2.26. The van der Waals surface area contributed by atoms with Crippen LogP contribution < -0.4 is 11.0 Å². The SMILES string of the molecule is Cn1c(=O)n(C)c2cc(NC(=O)CSc3nnc(-c4ccco4)n3Cc3ccccc3)ccc21. The first-order valence-electron chi connectivity index (χ1n) is 10.6. The third kappa shape index (κ3) is 4.15. The average molecular weight is 475 g/mol. The lowest BCUT2D eigenvalue weighted by atomic mass is 10.2. The minimum absolute atomic E-state index is 0.112. The number of nitrogens with zero attached hydrogens (tertiary/aromatic N) is 5. The molecule has 1 N–H and O–H groups in total. The van der Waals surface area contributed by atoms with Gasteiger partial charge >= 0.3 is 5.69 Å². The van der Waals surface area contributed by atoms with Gasteiger partial charge in [0.2, 0.25) is 11.7 Å². The third-order valence-electron chi connectivity index (χ3n) is 5.53. The summed E-state index contributed by atoms with van der Waals surface area (Å²) < 4.78 is 10.6. The highest BCUT2D eigenvalue weighted by molar-refractivity contribution is 7.99. The molecule has 3 aromatic heterocycles. The average Bonchev–Trinajstić information content (AvgIpc) is 3.56. The van der Waals surface area contributed by atoms with Crippen molar-refractivity contribution >= 4 is 34.4 Å².